The van der Waals surface area contributed by atoms with Gasteiger partial charge >= 0.3 is 0 Å². The first-order valence-corrected chi connectivity index (χ1v) is 15.7. The summed E-state index contributed by atoms with van der Waals surface area (Å²) in [6.07, 6.45) is 8.37. The summed E-state index contributed by atoms with van der Waals surface area (Å²) in [6, 6.07) is 15.9. The molecule has 4 heteroatoms. The number of hydrogen-bond donors (Lipinski definition) is 0. The van der Waals surface area contributed by atoms with Crippen LogP contribution in [0.4, 0.5) is 0 Å². The molecular weight excluding hydrogens is 516 g/mol. The van der Waals surface area contributed by atoms with Gasteiger partial charge in [-0.1, -0.05) is 71.9 Å². The van der Waals surface area contributed by atoms with Gasteiger partial charge in [0.05, 0.1) is 32.3 Å². The molecule has 3 saturated heterocycles. The molecule has 3 aromatic rings. The first kappa shape index (κ1) is 30.5. The molecule has 1 aromatic heterocycles. The van der Waals surface area contributed by atoms with E-state index in [0.717, 1.165) is 41.8 Å². The third kappa shape index (κ3) is 5.68. The van der Waals surface area contributed by atoms with E-state index in [4.69, 9.17) is 9.47 Å². The average Bonchev–Trinajstić information content (AvgIpc) is 2.96. The zero-order valence-corrected chi connectivity index (χ0v) is 27.0. The summed E-state index contributed by atoms with van der Waals surface area (Å²) in [7, 11) is 1.82. The van der Waals surface area contributed by atoms with Crippen LogP contribution < -0.4 is 4.74 Å². The number of piperidine rings is 3. The lowest BCUT2D eigenvalue weighted by Crippen LogP contribution is -2.67. The summed E-state index contributed by atoms with van der Waals surface area (Å²) in [5, 5.41) is 1.18. The van der Waals surface area contributed by atoms with Crippen LogP contribution in [-0.2, 0) is 22.1 Å². The van der Waals surface area contributed by atoms with Gasteiger partial charge in [0.1, 0.15) is 24.4 Å². The van der Waals surface area contributed by atoms with Crippen molar-refractivity contribution in [3.8, 4) is 5.75 Å². The number of para-hydroxylation sites is 1. The van der Waals surface area contributed by atoms with E-state index in [1.54, 1.807) is 0 Å². The Morgan fingerprint density at radius 2 is 1.71 bits per heavy atom. The van der Waals surface area contributed by atoms with Crippen molar-refractivity contribution in [1.29, 1.82) is 0 Å². The van der Waals surface area contributed by atoms with E-state index in [1.165, 1.54) is 34.1 Å². The number of nitrogens with zero attached hydrogens (tertiary/aromatic N) is 2. The molecule has 2 bridgehead atoms. The van der Waals surface area contributed by atoms with Gasteiger partial charge in [0, 0.05) is 47.0 Å². The predicted molar refractivity (Wildman–Crippen MR) is 175 cm³/mol. The van der Waals surface area contributed by atoms with Crippen molar-refractivity contribution in [2.45, 2.75) is 83.9 Å². The number of rotatable bonds is 9. The third-order valence-corrected chi connectivity index (χ3v) is 9.87. The molecule has 0 spiro atoms. The summed E-state index contributed by atoms with van der Waals surface area (Å²) < 4.78 is 13.9. The Morgan fingerprint density at radius 1 is 1.02 bits per heavy atom. The van der Waals surface area contributed by atoms with E-state index in [1.807, 2.05) is 19.4 Å². The number of hydrogen-bond acceptors (Lipinski definition) is 3. The summed E-state index contributed by atoms with van der Waals surface area (Å²) in [5.74, 6) is 2.19. The summed E-state index contributed by atoms with van der Waals surface area (Å²) in [5.41, 5.74) is 6.15. The van der Waals surface area contributed by atoms with Crippen LogP contribution in [0.1, 0.15) is 82.7 Å². The minimum atomic E-state index is -0.0492. The highest BCUT2D eigenvalue weighted by Crippen LogP contribution is 2.50. The van der Waals surface area contributed by atoms with E-state index < -0.39 is 0 Å². The Balaban J connectivity index is 1.66. The minimum Gasteiger partial charge on any atom is -0.496 e. The van der Waals surface area contributed by atoms with Gasteiger partial charge in [-0.15, -0.1) is 13.2 Å². The maximum atomic E-state index is 6.79. The highest BCUT2D eigenvalue weighted by molar-refractivity contribution is 5.82. The molecule has 0 amide bonds. The summed E-state index contributed by atoms with van der Waals surface area (Å²) >= 11 is 0. The van der Waals surface area contributed by atoms with E-state index >= 15 is 0 Å². The Bertz CT molecular complexity index is 1410. The normalized spacial score (nSPS) is 24.9. The predicted octanol–water partition coefficient (Wildman–Crippen LogP) is 8.69. The van der Waals surface area contributed by atoms with Crippen LogP contribution >= 0.6 is 0 Å². The Labute approximate surface area is 254 Å². The maximum absolute atomic E-state index is 6.79. The average molecular weight is 568 g/mol. The van der Waals surface area contributed by atoms with Crippen molar-refractivity contribution in [3.05, 3.63) is 96.2 Å². The van der Waals surface area contributed by atoms with Gasteiger partial charge in [0.2, 0.25) is 0 Å². The molecule has 3 fully saturated rings. The molecule has 2 aromatic carbocycles. The Morgan fingerprint density at radius 3 is 2.33 bits per heavy atom. The van der Waals surface area contributed by atoms with Gasteiger partial charge in [0.15, 0.2) is 0 Å². The number of ether oxygens (including phenoxy) is 2. The van der Waals surface area contributed by atoms with Gasteiger partial charge in [-0.3, -0.25) is 4.98 Å². The molecule has 2 unspecified atom stereocenters. The van der Waals surface area contributed by atoms with Gasteiger partial charge in [-0.05, 0) is 46.6 Å². The van der Waals surface area contributed by atoms with Gasteiger partial charge in [-0.25, -0.2) is 0 Å². The quantitative estimate of drug-likeness (QED) is 0.191. The highest BCUT2D eigenvalue weighted by atomic mass is 16.5. The molecule has 0 radical (unpaired) electrons. The fourth-order valence-electron chi connectivity index (χ4n) is 7.79. The standard InChI is InChI=1S/C38H51N2O2/c1-10-20-42-35(30-16-18-39-33-15-13-12-14-29(30)33)34-23-28-17-19-40(34,25-27(28)11-2)24-26-21-31(37(3,4)5)36(41-9)32(22-26)38(6,7)8/h10-16,18,21-22,27-28,34-35H,1-2,17,19-20,23-25H2,3-9H3/q+1/t27-,28?,34-,35+,40?/m0/s1. The van der Waals surface area contributed by atoms with Crippen LogP contribution in [0, 0.1) is 11.8 Å². The fourth-order valence-corrected chi connectivity index (χ4v) is 7.79. The van der Waals surface area contributed by atoms with Crippen molar-refractivity contribution in [1.82, 2.24) is 4.98 Å². The number of pyridine rings is 1. The molecule has 0 N–H and O–H groups in total. The second-order valence-electron chi connectivity index (χ2n) is 14.7. The number of methoxy groups -OCH3 is 1. The monoisotopic (exact) mass is 567 g/mol. The van der Waals surface area contributed by atoms with Crippen LogP contribution in [0.25, 0.3) is 10.9 Å². The molecule has 42 heavy (non-hydrogen) atoms. The van der Waals surface area contributed by atoms with Crippen molar-refractivity contribution >= 4 is 10.9 Å². The third-order valence-electron chi connectivity index (χ3n) is 9.87. The van der Waals surface area contributed by atoms with Crippen molar-refractivity contribution in [2.24, 2.45) is 11.8 Å². The fraction of sp³-hybridized carbons (Fsp3) is 0.500. The molecule has 0 saturated carbocycles. The minimum absolute atomic E-state index is 0.0368. The van der Waals surface area contributed by atoms with Crippen LogP contribution in [0.5, 0.6) is 5.75 Å². The molecule has 3 aliphatic heterocycles. The van der Waals surface area contributed by atoms with E-state index in [9.17, 15) is 0 Å². The lowest BCUT2D eigenvalue weighted by Gasteiger charge is -2.58. The first-order valence-electron chi connectivity index (χ1n) is 15.7. The largest absolute Gasteiger partial charge is 0.496 e. The van der Waals surface area contributed by atoms with Crippen LogP contribution in [0.15, 0.2) is 74.0 Å². The van der Waals surface area contributed by atoms with Gasteiger partial charge in [0.25, 0.3) is 0 Å². The van der Waals surface area contributed by atoms with Crippen LogP contribution in [0.3, 0.4) is 0 Å². The number of quaternary nitrogens is 1. The SMILES string of the molecule is C=CCO[C@H](c1ccnc2ccccc12)[C@@H]1CC2CC[N+]1(Cc1cc(C(C)(C)C)c(OC)c(C(C)(C)C)c1)C[C@@H]2C=C. The molecule has 224 valence electrons. The van der Waals surface area contributed by atoms with Gasteiger partial charge in [-0.2, -0.15) is 0 Å². The molecule has 3 aliphatic rings. The van der Waals surface area contributed by atoms with Gasteiger partial charge < -0.3 is 14.0 Å². The molecule has 6 rings (SSSR count). The zero-order valence-electron chi connectivity index (χ0n) is 27.0. The Kier molecular flexibility index (Phi) is 8.44. The zero-order chi connectivity index (χ0) is 30.3. The summed E-state index contributed by atoms with van der Waals surface area (Å²) in [4.78, 5) is 4.68. The molecular formula is C38H51N2O2+. The Hall–Kier alpha value is -2.95. The number of benzene rings is 2. The number of fused-ring (bicyclic) bond motifs is 4. The van der Waals surface area contributed by atoms with E-state index in [0.29, 0.717) is 24.5 Å². The van der Waals surface area contributed by atoms with Crippen LogP contribution in [-0.4, -0.2) is 42.3 Å². The molecule has 4 nitrogen and oxygen atoms in total. The van der Waals surface area contributed by atoms with Crippen LogP contribution in [0.2, 0.25) is 0 Å². The lowest BCUT2D eigenvalue weighted by atomic mass is 9.70. The maximum Gasteiger partial charge on any atom is 0.135 e. The van der Waals surface area contributed by atoms with Crippen molar-refractivity contribution in [2.75, 3.05) is 26.8 Å². The summed E-state index contributed by atoms with van der Waals surface area (Å²) in [6.45, 7) is 25.8. The molecule has 5 atom stereocenters. The van der Waals surface area contributed by atoms with Crippen molar-refractivity contribution in [3.63, 3.8) is 0 Å². The lowest BCUT2D eigenvalue weighted by molar-refractivity contribution is -0.985. The highest BCUT2D eigenvalue weighted by Gasteiger charge is 2.54. The second-order valence-corrected chi connectivity index (χ2v) is 14.7. The number of aromatic nitrogens is 1. The topological polar surface area (TPSA) is 31.4 Å². The molecule has 0 aliphatic carbocycles. The van der Waals surface area contributed by atoms with E-state index in [-0.39, 0.29) is 16.9 Å². The second kappa shape index (κ2) is 11.6. The smallest absolute Gasteiger partial charge is 0.135 e. The van der Waals surface area contributed by atoms with E-state index in [2.05, 4.69) is 108 Å². The first-order chi connectivity index (χ1) is 19.9. The van der Waals surface area contributed by atoms with Crippen molar-refractivity contribution < 1.29 is 14.0 Å². The molecule has 4 heterocycles.